The molecule has 0 saturated carbocycles. The van der Waals surface area contributed by atoms with E-state index in [-0.39, 0.29) is 6.54 Å². The molecule has 0 unspecified atom stereocenters. The summed E-state index contributed by atoms with van der Waals surface area (Å²) in [6, 6.07) is -0.697. The van der Waals surface area contributed by atoms with E-state index in [0.717, 1.165) is 0 Å². The highest BCUT2D eigenvalue weighted by atomic mass is 16.6. The molecule has 1 atom stereocenters. The Bertz CT molecular complexity index is 232. The van der Waals surface area contributed by atoms with E-state index >= 15 is 0 Å². The van der Waals surface area contributed by atoms with Gasteiger partial charge in [0, 0.05) is 0 Å². The highest BCUT2D eigenvalue weighted by Crippen LogP contribution is 2.06. The number of carboxylic acids is 1. The van der Waals surface area contributed by atoms with Gasteiger partial charge in [-0.25, -0.2) is 0 Å². The van der Waals surface area contributed by atoms with Crippen LogP contribution < -0.4 is 5.32 Å². The van der Waals surface area contributed by atoms with E-state index < -0.39 is 23.6 Å². The van der Waals surface area contributed by atoms with Gasteiger partial charge in [-0.05, 0) is 27.2 Å². The van der Waals surface area contributed by atoms with Crippen LogP contribution in [-0.2, 0) is 14.3 Å². The zero-order valence-corrected chi connectivity index (χ0v) is 9.66. The summed E-state index contributed by atoms with van der Waals surface area (Å²) in [7, 11) is 0. The average molecular weight is 217 g/mol. The molecule has 0 radical (unpaired) electrons. The molecule has 0 rings (SSSR count). The van der Waals surface area contributed by atoms with Gasteiger partial charge in [-0.1, -0.05) is 6.92 Å². The zero-order valence-electron chi connectivity index (χ0n) is 9.66. The fourth-order valence-electron chi connectivity index (χ4n) is 0.990. The Hall–Kier alpha value is -1.10. The summed E-state index contributed by atoms with van der Waals surface area (Å²) in [5.74, 6) is -1.40. The van der Waals surface area contributed by atoms with Gasteiger partial charge in [0.05, 0.1) is 6.54 Å². The summed E-state index contributed by atoms with van der Waals surface area (Å²) < 4.78 is 5.02. The minimum absolute atomic E-state index is 0.0813. The van der Waals surface area contributed by atoms with Crippen molar-refractivity contribution in [2.45, 2.75) is 45.8 Å². The van der Waals surface area contributed by atoms with Crippen molar-refractivity contribution in [3.05, 3.63) is 0 Å². The maximum Gasteiger partial charge on any atom is 0.320 e. The summed E-state index contributed by atoms with van der Waals surface area (Å²) in [6.45, 7) is 6.95. The Morgan fingerprint density at radius 1 is 1.40 bits per heavy atom. The van der Waals surface area contributed by atoms with Crippen LogP contribution in [0.3, 0.4) is 0 Å². The first-order chi connectivity index (χ1) is 6.76. The number of aliphatic carboxylic acids is 1. The molecular formula is C10H19NO4. The van der Waals surface area contributed by atoms with Gasteiger partial charge < -0.3 is 9.84 Å². The summed E-state index contributed by atoms with van der Waals surface area (Å²) in [5, 5.41) is 11.3. The smallest absolute Gasteiger partial charge is 0.320 e. The minimum atomic E-state index is -0.957. The fourth-order valence-corrected chi connectivity index (χ4v) is 0.990. The van der Waals surface area contributed by atoms with Gasteiger partial charge >= 0.3 is 11.9 Å². The van der Waals surface area contributed by atoms with Crippen molar-refractivity contribution >= 4 is 11.9 Å². The second-order valence-electron chi connectivity index (χ2n) is 4.27. The number of carboxylic acid groups (broad SMARTS) is 1. The van der Waals surface area contributed by atoms with Crippen molar-refractivity contribution in [3.8, 4) is 0 Å². The van der Waals surface area contributed by atoms with Crippen LogP contribution >= 0.6 is 0 Å². The van der Waals surface area contributed by atoms with E-state index in [1.165, 1.54) is 0 Å². The Kier molecular flexibility index (Phi) is 5.28. The molecule has 0 fully saturated rings. The second-order valence-corrected chi connectivity index (χ2v) is 4.27. The predicted molar refractivity (Wildman–Crippen MR) is 55.6 cm³/mol. The van der Waals surface area contributed by atoms with Crippen molar-refractivity contribution in [1.82, 2.24) is 5.32 Å². The molecule has 88 valence electrons. The zero-order chi connectivity index (χ0) is 12.1. The van der Waals surface area contributed by atoms with Gasteiger partial charge in [0.15, 0.2) is 0 Å². The van der Waals surface area contributed by atoms with Gasteiger partial charge in [-0.3, -0.25) is 14.9 Å². The molecule has 2 N–H and O–H groups in total. The molecule has 0 saturated heterocycles. The minimum Gasteiger partial charge on any atom is -0.480 e. The highest BCUT2D eigenvalue weighted by molar-refractivity contribution is 5.76. The van der Waals surface area contributed by atoms with Crippen molar-refractivity contribution in [3.63, 3.8) is 0 Å². The lowest BCUT2D eigenvalue weighted by Crippen LogP contribution is -2.41. The maximum absolute atomic E-state index is 11.2. The van der Waals surface area contributed by atoms with E-state index in [4.69, 9.17) is 9.84 Å². The highest BCUT2D eigenvalue weighted by Gasteiger charge is 2.19. The van der Waals surface area contributed by atoms with E-state index in [0.29, 0.717) is 6.42 Å². The van der Waals surface area contributed by atoms with Crippen LogP contribution in [0.2, 0.25) is 0 Å². The van der Waals surface area contributed by atoms with Gasteiger partial charge in [-0.2, -0.15) is 0 Å². The number of ether oxygens (including phenoxy) is 1. The van der Waals surface area contributed by atoms with E-state index in [1.807, 2.05) is 0 Å². The molecule has 0 aliphatic heterocycles. The molecular weight excluding hydrogens is 198 g/mol. The lowest BCUT2D eigenvalue weighted by atomic mass is 10.2. The molecule has 0 aliphatic rings. The Balaban J connectivity index is 3.94. The Morgan fingerprint density at radius 3 is 2.27 bits per heavy atom. The number of hydrogen-bond acceptors (Lipinski definition) is 4. The number of esters is 1. The fraction of sp³-hybridized carbons (Fsp3) is 0.800. The number of carbonyl (C=O) groups is 2. The van der Waals surface area contributed by atoms with Crippen LogP contribution in [0.4, 0.5) is 0 Å². The maximum atomic E-state index is 11.2. The third kappa shape index (κ3) is 6.90. The lowest BCUT2D eigenvalue weighted by molar-refractivity contribution is -0.154. The third-order valence-electron chi connectivity index (χ3n) is 1.62. The molecule has 15 heavy (non-hydrogen) atoms. The van der Waals surface area contributed by atoms with Gasteiger partial charge in [0.25, 0.3) is 0 Å². The lowest BCUT2D eigenvalue weighted by Gasteiger charge is -2.20. The monoisotopic (exact) mass is 217 g/mol. The van der Waals surface area contributed by atoms with Crippen molar-refractivity contribution in [1.29, 1.82) is 0 Å². The van der Waals surface area contributed by atoms with Crippen LogP contribution in [0, 0.1) is 0 Å². The second kappa shape index (κ2) is 5.70. The average Bonchev–Trinajstić information content (AvgIpc) is 2.01. The molecule has 0 heterocycles. The summed E-state index contributed by atoms with van der Waals surface area (Å²) in [6.07, 6.45) is 0.429. The largest absolute Gasteiger partial charge is 0.480 e. The Labute approximate surface area is 89.8 Å². The van der Waals surface area contributed by atoms with Crippen LogP contribution in [0.15, 0.2) is 0 Å². The molecule has 0 aliphatic carbocycles. The van der Waals surface area contributed by atoms with Gasteiger partial charge in [0.2, 0.25) is 0 Å². The third-order valence-corrected chi connectivity index (χ3v) is 1.62. The van der Waals surface area contributed by atoms with Gasteiger partial charge in [0.1, 0.15) is 11.6 Å². The van der Waals surface area contributed by atoms with Crippen molar-refractivity contribution < 1.29 is 19.4 Å². The molecule has 0 aromatic rings. The number of nitrogens with one attached hydrogen (secondary N) is 1. The number of hydrogen-bond donors (Lipinski definition) is 2. The van der Waals surface area contributed by atoms with Crippen LogP contribution in [0.5, 0.6) is 0 Å². The van der Waals surface area contributed by atoms with E-state index in [2.05, 4.69) is 5.32 Å². The molecule has 0 bridgehead atoms. The molecule has 0 spiro atoms. The molecule has 5 nitrogen and oxygen atoms in total. The molecule has 0 aromatic heterocycles. The van der Waals surface area contributed by atoms with Gasteiger partial charge in [-0.15, -0.1) is 0 Å². The van der Waals surface area contributed by atoms with Crippen LogP contribution in [-0.4, -0.2) is 35.2 Å². The first kappa shape index (κ1) is 13.9. The van der Waals surface area contributed by atoms with Crippen molar-refractivity contribution in [2.24, 2.45) is 0 Å². The first-order valence-electron chi connectivity index (χ1n) is 4.94. The SMILES string of the molecule is CC[C@@H](NCC(=O)OC(C)(C)C)C(=O)O. The van der Waals surface area contributed by atoms with Crippen LogP contribution in [0.25, 0.3) is 0 Å². The Morgan fingerprint density at radius 2 is 1.93 bits per heavy atom. The predicted octanol–water partition coefficient (Wildman–Crippen LogP) is 0.781. The molecule has 0 aromatic carbocycles. The van der Waals surface area contributed by atoms with E-state index in [9.17, 15) is 9.59 Å². The van der Waals surface area contributed by atoms with Crippen LogP contribution in [0.1, 0.15) is 34.1 Å². The normalized spacial score (nSPS) is 13.3. The standard InChI is InChI=1S/C10H19NO4/c1-5-7(9(13)14)11-6-8(12)15-10(2,3)4/h7,11H,5-6H2,1-4H3,(H,13,14)/t7-/m1/s1. The quantitative estimate of drug-likeness (QED) is 0.665. The van der Waals surface area contributed by atoms with Crippen molar-refractivity contribution in [2.75, 3.05) is 6.54 Å². The molecule has 5 heteroatoms. The van der Waals surface area contributed by atoms with E-state index in [1.54, 1.807) is 27.7 Å². The number of rotatable bonds is 5. The number of carbonyl (C=O) groups excluding carboxylic acids is 1. The summed E-state index contributed by atoms with van der Waals surface area (Å²) in [4.78, 5) is 21.8. The summed E-state index contributed by atoms with van der Waals surface area (Å²) in [5.41, 5.74) is -0.538. The molecule has 0 amide bonds. The topological polar surface area (TPSA) is 75.6 Å². The first-order valence-corrected chi connectivity index (χ1v) is 4.94. The summed E-state index contributed by atoms with van der Waals surface area (Å²) >= 11 is 0.